The van der Waals surface area contributed by atoms with Crippen LogP contribution in [0.5, 0.6) is 0 Å². The molecule has 9 heteroatoms. The van der Waals surface area contributed by atoms with Gasteiger partial charge < -0.3 is 15.5 Å². The number of nitrogens with one attached hydrogen (secondary N) is 2. The number of likely N-dealkylation sites (tertiary alicyclic amines) is 1. The van der Waals surface area contributed by atoms with Crippen molar-refractivity contribution < 1.29 is 14.4 Å². The molecule has 0 bridgehead atoms. The third-order valence-corrected chi connectivity index (χ3v) is 6.96. The van der Waals surface area contributed by atoms with Gasteiger partial charge in [-0.1, -0.05) is 24.3 Å². The number of carbonyl (C=O) groups is 3. The van der Waals surface area contributed by atoms with Gasteiger partial charge in [-0.25, -0.2) is 4.98 Å². The highest BCUT2D eigenvalue weighted by molar-refractivity contribution is 7.13. The Balaban J connectivity index is 1.28. The fraction of sp³-hybridized carbons (Fsp3) is 0.269. The molecule has 4 rings (SSSR count). The Morgan fingerprint density at radius 3 is 2.51 bits per heavy atom. The Kier molecular flexibility index (Phi) is 7.53. The van der Waals surface area contributed by atoms with Crippen LogP contribution in [0.4, 0.5) is 0 Å². The van der Waals surface area contributed by atoms with Gasteiger partial charge in [0.15, 0.2) is 0 Å². The summed E-state index contributed by atoms with van der Waals surface area (Å²) in [6.07, 6.45) is 1.32. The molecule has 3 amide bonds. The van der Waals surface area contributed by atoms with Gasteiger partial charge in [-0.2, -0.15) is 5.26 Å². The monoisotopic (exact) mass is 487 g/mol. The predicted molar refractivity (Wildman–Crippen MR) is 132 cm³/mol. The van der Waals surface area contributed by atoms with E-state index in [2.05, 4.69) is 15.6 Å². The number of thiazole rings is 1. The lowest BCUT2D eigenvalue weighted by atomic mass is 10.1. The highest BCUT2D eigenvalue weighted by atomic mass is 32.1. The Bertz CT molecular complexity index is 1260. The zero-order valence-electron chi connectivity index (χ0n) is 19.3. The molecule has 2 aromatic carbocycles. The maximum atomic E-state index is 12.8. The molecule has 2 heterocycles. The average molecular weight is 488 g/mol. The first-order valence-corrected chi connectivity index (χ1v) is 12.2. The van der Waals surface area contributed by atoms with Gasteiger partial charge >= 0.3 is 0 Å². The van der Waals surface area contributed by atoms with Gasteiger partial charge in [-0.05, 0) is 55.2 Å². The van der Waals surface area contributed by atoms with Crippen molar-refractivity contribution in [1.82, 2.24) is 20.5 Å². The third-order valence-electron chi connectivity index (χ3n) is 5.98. The SMILES string of the molecule is Cc1ncsc1-c1ccc(CNC(=O)[C@@H]2CCCN2C(=O)CNC(=O)c2ccc(C#N)cc2)cc1. The molecule has 0 spiro atoms. The molecule has 0 saturated carbocycles. The van der Waals surface area contributed by atoms with Crippen LogP contribution in [0.25, 0.3) is 10.4 Å². The fourth-order valence-corrected chi connectivity index (χ4v) is 4.87. The van der Waals surface area contributed by atoms with Crippen LogP contribution in [-0.4, -0.2) is 46.7 Å². The van der Waals surface area contributed by atoms with Crippen molar-refractivity contribution in [2.75, 3.05) is 13.1 Å². The minimum atomic E-state index is -0.548. The number of aryl methyl sites for hydroxylation is 1. The normalized spacial score (nSPS) is 14.9. The molecule has 1 aliphatic heterocycles. The summed E-state index contributed by atoms with van der Waals surface area (Å²) >= 11 is 1.60. The number of rotatable bonds is 7. The second-order valence-electron chi connectivity index (χ2n) is 8.30. The van der Waals surface area contributed by atoms with Crippen LogP contribution in [0.2, 0.25) is 0 Å². The van der Waals surface area contributed by atoms with Crippen molar-refractivity contribution in [2.45, 2.75) is 32.4 Å². The van der Waals surface area contributed by atoms with E-state index in [4.69, 9.17) is 5.26 Å². The van der Waals surface area contributed by atoms with Crippen LogP contribution >= 0.6 is 11.3 Å². The fourth-order valence-electron chi connectivity index (χ4n) is 4.05. The molecule has 8 nitrogen and oxygen atoms in total. The Morgan fingerprint density at radius 1 is 1.11 bits per heavy atom. The van der Waals surface area contributed by atoms with Crippen LogP contribution in [0.15, 0.2) is 54.0 Å². The Morgan fingerprint density at radius 2 is 1.86 bits per heavy atom. The van der Waals surface area contributed by atoms with Crippen LogP contribution in [0.3, 0.4) is 0 Å². The van der Waals surface area contributed by atoms with Gasteiger partial charge in [0.05, 0.1) is 34.3 Å². The number of hydrogen-bond acceptors (Lipinski definition) is 6. The molecule has 3 aromatic rings. The molecule has 1 aromatic heterocycles. The first-order valence-electron chi connectivity index (χ1n) is 11.3. The van der Waals surface area contributed by atoms with Crippen molar-refractivity contribution in [1.29, 1.82) is 5.26 Å². The first kappa shape index (κ1) is 24.1. The summed E-state index contributed by atoms with van der Waals surface area (Å²) in [5.41, 5.74) is 5.70. The summed E-state index contributed by atoms with van der Waals surface area (Å²) < 4.78 is 0. The van der Waals surface area contributed by atoms with Gasteiger partial charge in [0.1, 0.15) is 6.04 Å². The van der Waals surface area contributed by atoms with Crippen molar-refractivity contribution in [2.24, 2.45) is 0 Å². The van der Waals surface area contributed by atoms with Crippen LogP contribution < -0.4 is 10.6 Å². The molecule has 1 saturated heterocycles. The zero-order chi connectivity index (χ0) is 24.8. The Hall–Kier alpha value is -4.03. The number of aromatic nitrogens is 1. The second kappa shape index (κ2) is 10.9. The van der Waals surface area contributed by atoms with E-state index in [0.29, 0.717) is 30.6 Å². The second-order valence-corrected chi connectivity index (χ2v) is 9.15. The molecule has 1 aliphatic rings. The molecule has 0 aliphatic carbocycles. The highest BCUT2D eigenvalue weighted by Gasteiger charge is 2.33. The lowest BCUT2D eigenvalue weighted by molar-refractivity contribution is -0.137. The van der Waals surface area contributed by atoms with Crippen molar-refractivity contribution in [3.05, 3.63) is 76.4 Å². The van der Waals surface area contributed by atoms with Crippen molar-refractivity contribution in [3.8, 4) is 16.5 Å². The van der Waals surface area contributed by atoms with Crippen molar-refractivity contribution >= 4 is 29.1 Å². The zero-order valence-corrected chi connectivity index (χ0v) is 20.1. The van der Waals surface area contributed by atoms with Gasteiger partial charge in [0, 0.05) is 18.7 Å². The molecule has 178 valence electrons. The first-order chi connectivity index (χ1) is 17.0. The summed E-state index contributed by atoms with van der Waals surface area (Å²) in [6, 6.07) is 15.6. The molecule has 0 radical (unpaired) electrons. The molecule has 35 heavy (non-hydrogen) atoms. The molecule has 1 fully saturated rings. The summed E-state index contributed by atoms with van der Waals surface area (Å²) in [5, 5.41) is 14.4. The summed E-state index contributed by atoms with van der Waals surface area (Å²) in [5.74, 6) is -0.898. The molecular weight excluding hydrogens is 462 g/mol. The number of nitrogens with zero attached hydrogens (tertiary/aromatic N) is 3. The van der Waals surface area contributed by atoms with E-state index < -0.39 is 11.9 Å². The third kappa shape index (κ3) is 5.73. The minimum absolute atomic E-state index is 0.193. The number of hydrogen-bond donors (Lipinski definition) is 2. The smallest absolute Gasteiger partial charge is 0.251 e. The molecule has 2 N–H and O–H groups in total. The molecule has 1 atom stereocenters. The van der Waals surface area contributed by atoms with E-state index in [1.807, 2.05) is 42.8 Å². The minimum Gasteiger partial charge on any atom is -0.350 e. The van der Waals surface area contributed by atoms with Crippen LogP contribution in [-0.2, 0) is 16.1 Å². The van der Waals surface area contributed by atoms with E-state index in [-0.39, 0.29) is 18.4 Å². The largest absolute Gasteiger partial charge is 0.350 e. The summed E-state index contributed by atoms with van der Waals surface area (Å²) in [6.45, 7) is 2.63. The Labute approximate surface area is 207 Å². The summed E-state index contributed by atoms with van der Waals surface area (Å²) in [7, 11) is 0. The number of amides is 3. The van der Waals surface area contributed by atoms with Gasteiger partial charge in [0.25, 0.3) is 5.91 Å². The van der Waals surface area contributed by atoms with E-state index in [0.717, 1.165) is 28.1 Å². The van der Waals surface area contributed by atoms with Gasteiger partial charge in [-0.3, -0.25) is 14.4 Å². The number of nitriles is 1. The van der Waals surface area contributed by atoms with Gasteiger partial charge in [-0.15, -0.1) is 11.3 Å². The standard InChI is InChI=1S/C26H25N5O3S/c1-17-24(35-16-30-17)20-8-6-19(7-9-20)14-28-26(34)22-3-2-12-31(22)23(32)15-29-25(33)21-10-4-18(13-27)5-11-21/h4-11,16,22H,2-3,12,14-15H2,1H3,(H,28,34)(H,29,33)/t22-/m0/s1. The van der Waals surface area contributed by atoms with Crippen LogP contribution in [0, 0.1) is 18.3 Å². The lowest BCUT2D eigenvalue weighted by Crippen LogP contribution is -2.48. The van der Waals surface area contributed by atoms with E-state index >= 15 is 0 Å². The topological polar surface area (TPSA) is 115 Å². The molecular formula is C26H25N5O3S. The van der Waals surface area contributed by atoms with E-state index in [1.54, 1.807) is 23.5 Å². The highest BCUT2D eigenvalue weighted by Crippen LogP contribution is 2.27. The quantitative estimate of drug-likeness (QED) is 0.532. The van der Waals surface area contributed by atoms with E-state index in [9.17, 15) is 14.4 Å². The predicted octanol–water partition coefficient (Wildman–Crippen LogP) is 3.03. The average Bonchev–Trinajstić information content (AvgIpc) is 3.55. The maximum Gasteiger partial charge on any atom is 0.251 e. The summed E-state index contributed by atoms with van der Waals surface area (Å²) in [4.78, 5) is 44.8. The van der Waals surface area contributed by atoms with Gasteiger partial charge in [0.2, 0.25) is 11.8 Å². The van der Waals surface area contributed by atoms with Crippen LogP contribution in [0.1, 0.15) is 40.0 Å². The number of carbonyl (C=O) groups excluding carboxylic acids is 3. The molecule has 0 unspecified atom stereocenters. The van der Waals surface area contributed by atoms with Crippen molar-refractivity contribution in [3.63, 3.8) is 0 Å². The lowest BCUT2D eigenvalue weighted by Gasteiger charge is -2.24. The maximum absolute atomic E-state index is 12.8. The van der Waals surface area contributed by atoms with E-state index in [1.165, 1.54) is 17.0 Å². The number of benzene rings is 2.